The van der Waals surface area contributed by atoms with Gasteiger partial charge in [0, 0.05) is 24.5 Å². The van der Waals surface area contributed by atoms with Gasteiger partial charge in [0.05, 0.1) is 18.2 Å². The Hall–Kier alpha value is -2.17. The molecule has 1 saturated heterocycles. The van der Waals surface area contributed by atoms with Crippen LogP contribution in [0.25, 0.3) is 0 Å². The molecule has 0 radical (unpaired) electrons. The summed E-state index contributed by atoms with van der Waals surface area (Å²) in [6.45, 7) is 4.55. The molecule has 1 aliphatic heterocycles. The number of hydrogen-bond acceptors (Lipinski definition) is 4. The van der Waals surface area contributed by atoms with Gasteiger partial charge in [-0.05, 0) is 44.4 Å². The largest absolute Gasteiger partial charge is 0.361 e. The second-order valence-corrected chi connectivity index (χ2v) is 5.51. The van der Waals surface area contributed by atoms with Crippen LogP contribution in [0.5, 0.6) is 0 Å². The van der Waals surface area contributed by atoms with Gasteiger partial charge in [0.2, 0.25) is 5.91 Å². The Kier molecular flexibility index (Phi) is 3.73. The van der Waals surface area contributed by atoms with Crippen molar-refractivity contribution in [1.29, 1.82) is 0 Å². The van der Waals surface area contributed by atoms with Crippen LogP contribution in [0.4, 0.5) is 0 Å². The summed E-state index contributed by atoms with van der Waals surface area (Å²) in [7, 11) is 0. The third-order valence-corrected chi connectivity index (χ3v) is 4.17. The van der Waals surface area contributed by atoms with E-state index in [1.807, 2.05) is 30.9 Å². The summed E-state index contributed by atoms with van der Waals surface area (Å²) in [5.41, 5.74) is 2.88. The predicted molar refractivity (Wildman–Crippen MR) is 77.6 cm³/mol. The van der Waals surface area contributed by atoms with Gasteiger partial charge in [0.25, 0.3) is 0 Å². The average molecular weight is 285 g/mol. The van der Waals surface area contributed by atoms with Crippen molar-refractivity contribution < 1.29 is 9.32 Å². The zero-order valence-electron chi connectivity index (χ0n) is 12.4. The third-order valence-electron chi connectivity index (χ3n) is 4.17. The van der Waals surface area contributed by atoms with Crippen molar-refractivity contribution in [2.45, 2.75) is 39.2 Å². The number of aryl methyl sites for hydroxylation is 2. The zero-order valence-corrected chi connectivity index (χ0v) is 12.4. The third kappa shape index (κ3) is 2.68. The van der Waals surface area contributed by atoms with Crippen LogP contribution in [-0.2, 0) is 11.2 Å². The van der Waals surface area contributed by atoms with Gasteiger partial charge in [-0.2, -0.15) is 0 Å². The quantitative estimate of drug-likeness (QED) is 0.869. The Labute approximate surface area is 124 Å². The number of rotatable bonds is 3. The predicted octanol–water partition coefficient (Wildman–Crippen LogP) is 2.59. The lowest BCUT2D eigenvalue weighted by atomic mass is 10.0. The summed E-state index contributed by atoms with van der Waals surface area (Å²) in [6, 6.07) is 4.15. The van der Waals surface area contributed by atoms with Gasteiger partial charge in [0.15, 0.2) is 0 Å². The molecule has 3 heterocycles. The van der Waals surface area contributed by atoms with Crippen LogP contribution < -0.4 is 0 Å². The van der Waals surface area contributed by atoms with Gasteiger partial charge in [-0.3, -0.25) is 9.78 Å². The van der Waals surface area contributed by atoms with Gasteiger partial charge >= 0.3 is 0 Å². The van der Waals surface area contributed by atoms with Crippen LogP contribution in [0.15, 0.2) is 29.0 Å². The normalized spacial score (nSPS) is 18.2. The fourth-order valence-electron chi connectivity index (χ4n) is 3.00. The van der Waals surface area contributed by atoms with Crippen molar-refractivity contribution in [3.63, 3.8) is 0 Å². The Morgan fingerprint density at radius 3 is 2.81 bits per heavy atom. The highest BCUT2D eigenvalue weighted by molar-refractivity contribution is 5.80. The molecule has 1 atom stereocenters. The molecule has 0 spiro atoms. The van der Waals surface area contributed by atoms with E-state index < -0.39 is 0 Å². The minimum Gasteiger partial charge on any atom is -0.361 e. The van der Waals surface area contributed by atoms with Gasteiger partial charge in [-0.1, -0.05) is 5.16 Å². The van der Waals surface area contributed by atoms with Crippen molar-refractivity contribution >= 4 is 5.91 Å². The number of pyridine rings is 1. The molecular weight excluding hydrogens is 266 g/mol. The molecule has 5 nitrogen and oxygen atoms in total. The van der Waals surface area contributed by atoms with Gasteiger partial charge < -0.3 is 9.42 Å². The Morgan fingerprint density at radius 2 is 2.14 bits per heavy atom. The van der Waals surface area contributed by atoms with E-state index in [-0.39, 0.29) is 11.9 Å². The minimum atomic E-state index is 0.142. The lowest BCUT2D eigenvalue weighted by Gasteiger charge is -2.25. The maximum atomic E-state index is 12.6. The van der Waals surface area contributed by atoms with Crippen LogP contribution in [0.1, 0.15) is 41.5 Å². The molecular formula is C16H19N3O2. The lowest BCUT2D eigenvalue weighted by Crippen LogP contribution is -2.32. The molecule has 0 unspecified atom stereocenters. The van der Waals surface area contributed by atoms with Crippen molar-refractivity contribution in [2.24, 2.45) is 0 Å². The fraction of sp³-hybridized carbons (Fsp3) is 0.438. The molecule has 0 saturated carbocycles. The molecule has 2 aromatic heterocycles. The van der Waals surface area contributed by atoms with Gasteiger partial charge in [0.1, 0.15) is 5.76 Å². The number of carbonyl (C=O) groups is 1. The number of carbonyl (C=O) groups excluding carboxylic acids is 1. The minimum absolute atomic E-state index is 0.142. The molecule has 1 amide bonds. The van der Waals surface area contributed by atoms with Crippen LogP contribution in [-0.4, -0.2) is 27.5 Å². The van der Waals surface area contributed by atoms with Crippen LogP contribution in [0, 0.1) is 13.8 Å². The summed E-state index contributed by atoms with van der Waals surface area (Å²) >= 11 is 0. The summed E-state index contributed by atoms with van der Waals surface area (Å²) in [6.07, 6.45) is 5.98. The van der Waals surface area contributed by atoms with Crippen molar-refractivity contribution in [3.8, 4) is 0 Å². The van der Waals surface area contributed by atoms with E-state index in [0.717, 1.165) is 42.0 Å². The maximum absolute atomic E-state index is 12.6. The van der Waals surface area contributed by atoms with E-state index in [9.17, 15) is 4.79 Å². The first kappa shape index (κ1) is 13.8. The molecule has 1 fully saturated rings. The first-order chi connectivity index (χ1) is 10.2. The molecule has 5 heteroatoms. The van der Waals surface area contributed by atoms with E-state index in [1.54, 1.807) is 12.4 Å². The van der Waals surface area contributed by atoms with Crippen LogP contribution in [0.2, 0.25) is 0 Å². The summed E-state index contributed by atoms with van der Waals surface area (Å²) < 4.78 is 5.14. The number of likely N-dealkylation sites (tertiary alicyclic amines) is 1. The number of hydrogen-bond donors (Lipinski definition) is 0. The highest BCUT2D eigenvalue weighted by Crippen LogP contribution is 2.32. The van der Waals surface area contributed by atoms with E-state index in [0.29, 0.717) is 6.42 Å². The topological polar surface area (TPSA) is 59.2 Å². The van der Waals surface area contributed by atoms with Crippen LogP contribution >= 0.6 is 0 Å². The highest BCUT2D eigenvalue weighted by atomic mass is 16.5. The van der Waals surface area contributed by atoms with Crippen molar-refractivity contribution in [1.82, 2.24) is 15.0 Å². The number of aromatic nitrogens is 2. The number of nitrogens with zero attached hydrogens (tertiary/aromatic N) is 3. The smallest absolute Gasteiger partial charge is 0.227 e. The molecule has 1 aliphatic rings. The van der Waals surface area contributed by atoms with Crippen molar-refractivity contribution in [3.05, 3.63) is 47.1 Å². The van der Waals surface area contributed by atoms with Gasteiger partial charge in [-0.25, -0.2) is 0 Å². The Balaban J connectivity index is 1.78. The fourth-order valence-corrected chi connectivity index (χ4v) is 3.00. The summed E-state index contributed by atoms with van der Waals surface area (Å²) in [5, 5.41) is 3.92. The van der Waals surface area contributed by atoms with E-state index in [4.69, 9.17) is 4.52 Å². The van der Waals surface area contributed by atoms with E-state index >= 15 is 0 Å². The van der Waals surface area contributed by atoms with Crippen molar-refractivity contribution in [2.75, 3.05) is 6.54 Å². The Bertz CT molecular complexity index is 617. The van der Waals surface area contributed by atoms with E-state index in [2.05, 4.69) is 10.1 Å². The molecule has 110 valence electrons. The van der Waals surface area contributed by atoms with E-state index in [1.165, 1.54) is 0 Å². The molecule has 2 aromatic rings. The highest BCUT2D eigenvalue weighted by Gasteiger charge is 2.30. The maximum Gasteiger partial charge on any atom is 0.227 e. The monoisotopic (exact) mass is 285 g/mol. The van der Waals surface area contributed by atoms with Gasteiger partial charge in [-0.15, -0.1) is 0 Å². The first-order valence-electron chi connectivity index (χ1n) is 7.28. The first-order valence-corrected chi connectivity index (χ1v) is 7.28. The molecule has 0 aliphatic carbocycles. The average Bonchev–Trinajstić information content (AvgIpc) is 3.10. The molecule has 0 aromatic carbocycles. The summed E-state index contributed by atoms with van der Waals surface area (Å²) in [5.74, 6) is 0.879. The standard InChI is InChI=1S/C16H19N3O2/c1-11-14(12(2)21-18-11)10-16(20)19-9-3-4-15(19)13-5-7-17-8-6-13/h5-8,15H,3-4,9-10H2,1-2H3/t15-/m0/s1. The number of amides is 1. The SMILES string of the molecule is Cc1noc(C)c1CC(=O)N1CCC[C@H]1c1ccncc1. The lowest BCUT2D eigenvalue weighted by molar-refractivity contribution is -0.131. The second-order valence-electron chi connectivity index (χ2n) is 5.51. The second kappa shape index (κ2) is 5.68. The molecule has 21 heavy (non-hydrogen) atoms. The molecule has 0 bridgehead atoms. The zero-order chi connectivity index (χ0) is 14.8. The Morgan fingerprint density at radius 1 is 1.38 bits per heavy atom. The van der Waals surface area contributed by atoms with Crippen LogP contribution in [0.3, 0.4) is 0 Å². The summed E-state index contributed by atoms with van der Waals surface area (Å²) in [4.78, 5) is 18.7. The molecule has 0 N–H and O–H groups in total. The molecule has 3 rings (SSSR count).